The first-order valence-corrected chi connectivity index (χ1v) is 5.23. The number of halogens is 1. The molecule has 1 aromatic rings. The molecule has 0 unspecified atom stereocenters. The second-order valence-electron chi connectivity index (χ2n) is 3.93. The Hall–Kier alpha value is -1.15. The molecule has 0 aliphatic carbocycles. The molecule has 0 heterocycles. The van der Waals surface area contributed by atoms with Gasteiger partial charge in [-0.05, 0) is 44.5 Å². The van der Waals surface area contributed by atoms with Crippen LogP contribution in [0.5, 0.6) is 0 Å². The summed E-state index contributed by atoms with van der Waals surface area (Å²) in [7, 11) is 0. The van der Waals surface area contributed by atoms with Gasteiger partial charge in [0.2, 0.25) is 0 Å². The van der Waals surface area contributed by atoms with Crippen molar-refractivity contribution >= 4 is 0 Å². The van der Waals surface area contributed by atoms with Gasteiger partial charge in [0, 0.05) is 6.04 Å². The Morgan fingerprint density at radius 1 is 1.40 bits per heavy atom. The SMILES string of the molecule is C=C(C)CCN[C@H](C)c1ccc(F)cc1. The summed E-state index contributed by atoms with van der Waals surface area (Å²) in [6.45, 7) is 8.85. The van der Waals surface area contributed by atoms with Crippen molar-refractivity contribution in [2.24, 2.45) is 0 Å². The fourth-order valence-corrected chi connectivity index (χ4v) is 1.37. The first kappa shape index (κ1) is 11.9. The van der Waals surface area contributed by atoms with Crippen LogP contribution < -0.4 is 5.32 Å². The van der Waals surface area contributed by atoms with Crippen molar-refractivity contribution in [3.05, 3.63) is 47.8 Å². The van der Waals surface area contributed by atoms with Crippen molar-refractivity contribution in [3.8, 4) is 0 Å². The molecule has 0 aliphatic heterocycles. The molecule has 15 heavy (non-hydrogen) atoms. The zero-order valence-corrected chi connectivity index (χ0v) is 9.39. The van der Waals surface area contributed by atoms with Crippen LogP contribution in [0.4, 0.5) is 4.39 Å². The molecule has 0 aromatic heterocycles. The van der Waals surface area contributed by atoms with Crippen molar-refractivity contribution in [1.82, 2.24) is 5.32 Å². The van der Waals surface area contributed by atoms with Gasteiger partial charge in [-0.25, -0.2) is 4.39 Å². The minimum atomic E-state index is -0.187. The number of rotatable bonds is 5. The van der Waals surface area contributed by atoms with Crippen LogP contribution >= 0.6 is 0 Å². The van der Waals surface area contributed by atoms with Gasteiger partial charge in [0.25, 0.3) is 0 Å². The van der Waals surface area contributed by atoms with Crippen LogP contribution in [0.3, 0.4) is 0 Å². The number of hydrogen-bond donors (Lipinski definition) is 1. The van der Waals surface area contributed by atoms with E-state index in [9.17, 15) is 4.39 Å². The number of hydrogen-bond acceptors (Lipinski definition) is 1. The fourth-order valence-electron chi connectivity index (χ4n) is 1.37. The van der Waals surface area contributed by atoms with Gasteiger partial charge in [-0.15, -0.1) is 6.58 Å². The Kier molecular flexibility index (Phi) is 4.50. The van der Waals surface area contributed by atoms with Crippen molar-refractivity contribution in [1.29, 1.82) is 0 Å². The molecule has 1 N–H and O–H groups in total. The standard InChI is InChI=1S/C13H18FN/c1-10(2)8-9-15-11(3)12-4-6-13(14)7-5-12/h4-7,11,15H,1,8-9H2,2-3H3/t11-/m1/s1. The molecule has 0 amide bonds. The van der Waals surface area contributed by atoms with Crippen molar-refractivity contribution in [2.75, 3.05) is 6.54 Å². The molecule has 1 rings (SSSR count). The van der Waals surface area contributed by atoms with E-state index in [4.69, 9.17) is 0 Å². The van der Waals surface area contributed by atoms with Gasteiger partial charge in [0.05, 0.1) is 0 Å². The Balaban J connectivity index is 2.43. The van der Waals surface area contributed by atoms with Crippen LogP contribution in [0, 0.1) is 5.82 Å². The van der Waals surface area contributed by atoms with Crippen LogP contribution in [-0.2, 0) is 0 Å². The molecular formula is C13H18FN. The maximum absolute atomic E-state index is 12.7. The first-order chi connectivity index (χ1) is 7.09. The quantitative estimate of drug-likeness (QED) is 0.729. The summed E-state index contributed by atoms with van der Waals surface area (Å²) in [5, 5.41) is 3.37. The van der Waals surface area contributed by atoms with E-state index in [0.29, 0.717) is 0 Å². The van der Waals surface area contributed by atoms with E-state index in [0.717, 1.165) is 18.5 Å². The highest BCUT2D eigenvalue weighted by atomic mass is 19.1. The van der Waals surface area contributed by atoms with Gasteiger partial charge >= 0.3 is 0 Å². The average Bonchev–Trinajstić information content (AvgIpc) is 2.18. The molecule has 2 heteroatoms. The van der Waals surface area contributed by atoms with Crippen molar-refractivity contribution in [2.45, 2.75) is 26.3 Å². The van der Waals surface area contributed by atoms with Crippen molar-refractivity contribution < 1.29 is 4.39 Å². The normalized spacial score (nSPS) is 12.5. The summed E-state index contributed by atoms with van der Waals surface area (Å²) in [4.78, 5) is 0. The van der Waals surface area contributed by atoms with Crippen LogP contribution in [-0.4, -0.2) is 6.54 Å². The summed E-state index contributed by atoms with van der Waals surface area (Å²) in [5.74, 6) is -0.187. The van der Waals surface area contributed by atoms with Crippen molar-refractivity contribution in [3.63, 3.8) is 0 Å². The molecule has 82 valence electrons. The highest BCUT2D eigenvalue weighted by Gasteiger charge is 2.03. The fraction of sp³-hybridized carbons (Fsp3) is 0.385. The molecule has 0 bridgehead atoms. The van der Waals surface area contributed by atoms with Crippen LogP contribution in [0.25, 0.3) is 0 Å². The second-order valence-corrected chi connectivity index (χ2v) is 3.93. The van der Waals surface area contributed by atoms with Gasteiger partial charge in [-0.2, -0.15) is 0 Å². The van der Waals surface area contributed by atoms with E-state index in [2.05, 4.69) is 18.8 Å². The third-order valence-corrected chi connectivity index (χ3v) is 2.37. The topological polar surface area (TPSA) is 12.0 Å². The predicted molar refractivity (Wildman–Crippen MR) is 62.2 cm³/mol. The zero-order valence-electron chi connectivity index (χ0n) is 9.39. The zero-order chi connectivity index (χ0) is 11.3. The lowest BCUT2D eigenvalue weighted by Gasteiger charge is -2.14. The minimum absolute atomic E-state index is 0.187. The molecule has 0 spiro atoms. The number of benzene rings is 1. The monoisotopic (exact) mass is 207 g/mol. The second kappa shape index (κ2) is 5.66. The van der Waals surface area contributed by atoms with E-state index in [1.807, 2.05) is 19.1 Å². The lowest BCUT2D eigenvalue weighted by molar-refractivity contribution is 0.572. The average molecular weight is 207 g/mol. The van der Waals surface area contributed by atoms with E-state index >= 15 is 0 Å². The van der Waals surface area contributed by atoms with E-state index in [1.165, 1.54) is 17.7 Å². The maximum atomic E-state index is 12.7. The first-order valence-electron chi connectivity index (χ1n) is 5.23. The Morgan fingerprint density at radius 2 is 2.00 bits per heavy atom. The molecule has 0 radical (unpaired) electrons. The summed E-state index contributed by atoms with van der Waals surface area (Å²) in [6.07, 6.45) is 0.978. The molecule has 0 aliphatic rings. The summed E-state index contributed by atoms with van der Waals surface area (Å²) in [6, 6.07) is 6.87. The predicted octanol–water partition coefficient (Wildman–Crippen LogP) is 3.44. The molecule has 1 atom stereocenters. The lowest BCUT2D eigenvalue weighted by Crippen LogP contribution is -2.19. The van der Waals surface area contributed by atoms with Gasteiger partial charge < -0.3 is 5.32 Å². The highest BCUT2D eigenvalue weighted by Crippen LogP contribution is 2.12. The van der Waals surface area contributed by atoms with Crippen LogP contribution in [0.15, 0.2) is 36.4 Å². The van der Waals surface area contributed by atoms with Gasteiger partial charge in [0.15, 0.2) is 0 Å². The Labute approximate surface area is 91.0 Å². The maximum Gasteiger partial charge on any atom is 0.123 e. The molecule has 0 saturated carbocycles. The molecule has 0 fully saturated rings. The Bertz CT molecular complexity index is 316. The van der Waals surface area contributed by atoms with E-state index < -0.39 is 0 Å². The number of nitrogens with one attached hydrogen (secondary N) is 1. The van der Waals surface area contributed by atoms with Gasteiger partial charge in [-0.3, -0.25) is 0 Å². The minimum Gasteiger partial charge on any atom is -0.310 e. The van der Waals surface area contributed by atoms with E-state index in [-0.39, 0.29) is 11.9 Å². The third-order valence-electron chi connectivity index (χ3n) is 2.37. The highest BCUT2D eigenvalue weighted by molar-refractivity contribution is 5.19. The summed E-state index contributed by atoms with van der Waals surface area (Å²) < 4.78 is 12.7. The smallest absolute Gasteiger partial charge is 0.123 e. The van der Waals surface area contributed by atoms with Crippen LogP contribution in [0.1, 0.15) is 31.9 Å². The molecule has 1 aromatic carbocycles. The molecule has 1 nitrogen and oxygen atoms in total. The Morgan fingerprint density at radius 3 is 2.53 bits per heavy atom. The summed E-state index contributed by atoms with van der Waals surface area (Å²) >= 11 is 0. The molecular weight excluding hydrogens is 189 g/mol. The lowest BCUT2D eigenvalue weighted by atomic mass is 10.1. The summed E-state index contributed by atoms with van der Waals surface area (Å²) in [5.41, 5.74) is 2.28. The third kappa shape index (κ3) is 4.26. The molecule has 0 saturated heterocycles. The van der Waals surface area contributed by atoms with Gasteiger partial charge in [-0.1, -0.05) is 17.7 Å². The largest absolute Gasteiger partial charge is 0.310 e. The van der Waals surface area contributed by atoms with Crippen LogP contribution in [0.2, 0.25) is 0 Å². The van der Waals surface area contributed by atoms with E-state index in [1.54, 1.807) is 0 Å². The van der Waals surface area contributed by atoms with Gasteiger partial charge in [0.1, 0.15) is 5.82 Å².